The lowest BCUT2D eigenvalue weighted by molar-refractivity contribution is -0.134. The van der Waals surface area contributed by atoms with Crippen LogP contribution in [0.1, 0.15) is 34.8 Å². The number of aromatic nitrogens is 4. The molecule has 1 aliphatic heterocycles. The predicted octanol–water partition coefficient (Wildman–Crippen LogP) is 1.38. The van der Waals surface area contributed by atoms with Gasteiger partial charge in [-0.2, -0.15) is 0 Å². The number of hydrogen-bond donors (Lipinski definition) is 2. The first-order valence-corrected chi connectivity index (χ1v) is 9.92. The van der Waals surface area contributed by atoms with Crippen molar-refractivity contribution in [3.63, 3.8) is 0 Å². The van der Waals surface area contributed by atoms with Crippen LogP contribution in [0, 0.1) is 13.8 Å². The fourth-order valence-corrected chi connectivity index (χ4v) is 4.27. The summed E-state index contributed by atoms with van der Waals surface area (Å²) in [6.45, 7) is 6.06. The van der Waals surface area contributed by atoms with Gasteiger partial charge < -0.3 is 10.2 Å². The molecule has 8 heteroatoms. The largest absolute Gasteiger partial charge is 0.333 e. The normalized spacial score (nSPS) is 17.1. The van der Waals surface area contributed by atoms with Crippen molar-refractivity contribution in [3.8, 4) is 0 Å². The molecule has 1 fully saturated rings. The number of hydrogen-bond acceptors (Lipinski definition) is 5. The molecule has 152 valence electrons. The van der Waals surface area contributed by atoms with Gasteiger partial charge in [-0.15, -0.1) is 0 Å². The van der Waals surface area contributed by atoms with E-state index in [-0.39, 0.29) is 17.5 Å². The number of nitrogens with zero attached hydrogens (tertiary/aromatic N) is 4. The van der Waals surface area contributed by atoms with Gasteiger partial charge in [0, 0.05) is 51.2 Å². The van der Waals surface area contributed by atoms with Crippen LogP contribution in [0.2, 0.25) is 0 Å². The molecule has 0 aromatic carbocycles. The number of amides is 1. The third-order valence-electron chi connectivity index (χ3n) is 5.80. The Morgan fingerprint density at radius 2 is 2.17 bits per heavy atom. The van der Waals surface area contributed by atoms with E-state index < -0.39 is 0 Å². The van der Waals surface area contributed by atoms with Crippen LogP contribution < -0.4 is 10.9 Å². The molecule has 3 aromatic heterocycles. The Morgan fingerprint density at radius 3 is 2.93 bits per heavy atom. The maximum Gasteiger partial charge on any atom is 0.273 e. The molecule has 0 radical (unpaired) electrons. The number of piperazine rings is 1. The maximum atomic E-state index is 13.1. The highest BCUT2D eigenvalue weighted by molar-refractivity contribution is 5.81. The summed E-state index contributed by atoms with van der Waals surface area (Å²) < 4.78 is 1.64. The molecule has 29 heavy (non-hydrogen) atoms. The maximum absolute atomic E-state index is 13.1. The Kier molecular flexibility index (Phi) is 5.19. The Morgan fingerprint density at radius 1 is 1.34 bits per heavy atom. The van der Waals surface area contributed by atoms with E-state index in [9.17, 15) is 9.59 Å². The molecule has 8 nitrogen and oxygen atoms in total. The van der Waals surface area contributed by atoms with E-state index >= 15 is 0 Å². The highest BCUT2D eigenvalue weighted by atomic mass is 16.2. The number of aromatic amines is 1. The van der Waals surface area contributed by atoms with Crippen molar-refractivity contribution in [3.05, 3.63) is 57.3 Å². The molecule has 0 spiro atoms. The number of carbonyl (C=O) groups is 1. The second kappa shape index (κ2) is 7.79. The van der Waals surface area contributed by atoms with E-state index in [1.165, 1.54) is 0 Å². The molecule has 4 rings (SSSR count). The number of nitrogens with one attached hydrogen (secondary N) is 2. The minimum Gasteiger partial charge on any atom is -0.333 e. The van der Waals surface area contributed by atoms with Crippen LogP contribution >= 0.6 is 0 Å². The van der Waals surface area contributed by atoms with E-state index in [1.54, 1.807) is 17.9 Å². The third-order valence-corrected chi connectivity index (χ3v) is 5.80. The standard InChI is InChI=1S/C21H26N6O2/c1-13-16(14(2)24-20-19(13)21(29)25-26(20)3)6-7-18(28)27-10-9-23-12-17(27)15-5-4-8-22-11-15/h4-5,8,11,17,23H,6-7,9-10,12H2,1-3H3,(H,25,29). The number of carbonyl (C=O) groups excluding carboxylic acids is 1. The average Bonchev–Trinajstić information content (AvgIpc) is 3.01. The zero-order chi connectivity index (χ0) is 20.5. The smallest absolute Gasteiger partial charge is 0.273 e. The van der Waals surface area contributed by atoms with Crippen molar-refractivity contribution >= 4 is 16.9 Å². The highest BCUT2D eigenvalue weighted by Crippen LogP contribution is 2.25. The van der Waals surface area contributed by atoms with Gasteiger partial charge in [0.25, 0.3) is 5.56 Å². The van der Waals surface area contributed by atoms with E-state index in [1.807, 2.05) is 37.1 Å². The van der Waals surface area contributed by atoms with E-state index in [4.69, 9.17) is 0 Å². The molecule has 4 heterocycles. The number of H-pyrrole nitrogens is 1. The van der Waals surface area contributed by atoms with Crippen LogP contribution in [0.5, 0.6) is 0 Å². The zero-order valence-electron chi connectivity index (χ0n) is 17.0. The molecule has 1 saturated heterocycles. The van der Waals surface area contributed by atoms with Crippen LogP contribution in [0.25, 0.3) is 11.0 Å². The lowest BCUT2D eigenvalue weighted by Gasteiger charge is -2.36. The molecule has 0 bridgehead atoms. The Bertz CT molecular complexity index is 1100. The fraction of sp³-hybridized carbons (Fsp3) is 0.429. The molecule has 1 aliphatic rings. The highest BCUT2D eigenvalue weighted by Gasteiger charge is 2.28. The van der Waals surface area contributed by atoms with Crippen molar-refractivity contribution in [2.75, 3.05) is 19.6 Å². The van der Waals surface area contributed by atoms with Gasteiger partial charge in [0.2, 0.25) is 5.91 Å². The fourth-order valence-electron chi connectivity index (χ4n) is 4.27. The van der Waals surface area contributed by atoms with Gasteiger partial charge >= 0.3 is 0 Å². The second-order valence-corrected chi connectivity index (χ2v) is 7.59. The summed E-state index contributed by atoms with van der Waals surface area (Å²) in [5.41, 5.74) is 4.31. The second-order valence-electron chi connectivity index (χ2n) is 7.59. The summed E-state index contributed by atoms with van der Waals surface area (Å²) >= 11 is 0. The van der Waals surface area contributed by atoms with E-state index in [0.717, 1.165) is 35.5 Å². The van der Waals surface area contributed by atoms with E-state index in [0.29, 0.717) is 30.4 Å². The Labute approximate surface area is 168 Å². The molecule has 2 N–H and O–H groups in total. The van der Waals surface area contributed by atoms with Gasteiger partial charge in [-0.25, -0.2) is 4.98 Å². The molecule has 1 atom stereocenters. The summed E-state index contributed by atoms with van der Waals surface area (Å²) in [6, 6.07) is 3.90. The first kappa shape index (κ1) is 19.3. The first-order valence-electron chi connectivity index (χ1n) is 9.92. The number of pyridine rings is 2. The predicted molar refractivity (Wildman–Crippen MR) is 111 cm³/mol. The van der Waals surface area contributed by atoms with Crippen molar-refractivity contribution < 1.29 is 4.79 Å². The van der Waals surface area contributed by atoms with Crippen LogP contribution in [0.3, 0.4) is 0 Å². The van der Waals surface area contributed by atoms with Gasteiger partial charge in [0.15, 0.2) is 5.65 Å². The van der Waals surface area contributed by atoms with Crippen molar-refractivity contribution in [2.45, 2.75) is 32.7 Å². The molecule has 0 saturated carbocycles. The number of rotatable bonds is 4. The summed E-state index contributed by atoms with van der Waals surface area (Å²) in [6.07, 6.45) is 4.52. The summed E-state index contributed by atoms with van der Waals surface area (Å²) in [5.74, 6) is 0.112. The van der Waals surface area contributed by atoms with Gasteiger partial charge in [-0.05, 0) is 43.0 Å². The minimum absolute atomic E-state index is 0.00952. The van der Waals surface area contributed by atoms with Crippen LogP contribution in [-0.4, -0.2) is 50.2 Å². The van der Waals surface area contributed by atoms with Crippen molar-refractivity contribution in [1.29, 1.82) is 0 Å². The van der Waals surface area contributed by atoms with Gasteiger partial charge in [-0.1, -0.05) is 6.07 Å². The minimum atomic E-state index is -0.140. The number of aryl methyl sites for hydroxylation is 3. The van der Waals surface area contributed by atoms with Gasteiger partial charge in [0.1, 0.15) is 0 Å². The van der Waals surface area contributed by atoms with Gasteiger partial charge in [-0.3, -0.25) is 24.4 Å². The monoisotopic (exact) mass is 394 g/mol. The molecule has 0 aliphatic carbocycles. The molecule has 1 amide bonds. The summed E-state index contributed by atoms with van der Waals surface area (Å²) in [7, 11) is 1.78. The molecular formula is C21H26N6O2. The van der Waals surface area contributed by atoms with Crippen molar-refractivity contribution in [1.82, 2.24) is 30.0 Å². The Balaban J connectivity index is 1.56. The van der Waals surface area contributed by atoms with Crippen LogP contribution in [0.15, 0.2) is 29.3 Å². The summed E-state index contributed by atoms with van der Waals surface area (Å²) in [4.78, 5) is 36.1. The van der Waals surface area contributed by atoms with Crippen LogP contribution in [-0.2, 0) is 18.3 Å². The Hall–Kier alpha value is -3.00. The molecule has 3 aromatic rings. The summed E-state index contributed by atoms with van der Waals surface area (Å²) in [5, 5.41) is 6.74. The van der Waals surface area contributed by atoms with Crippen LogP contribution in [0.4, 0.5) is 0 Å². The first-order chi connectivity index (χ1) is 14.0. The SMILES string of the molecule is Cc1nc2c(c(C)c1CCC(=O)N1CCNCC1c1cccnc1)c(=O)[nH]n2C. The quantitative estimate of drug-likeness (QED) is 0.697. The zero-order valence-corrected chi connectivity index (χ0v) is 17.0. The topological polar surface area (TPSA) is 95.9 Å². The lowest BCUT2D eigenvalue weighted by atomic mass is 9.99. The van der Waals surface area contributed by atoms with Gasteiger partial charge in [0.05, 0.1) is 11.4 Å². The lowest BCUT2D eigenvalue weighted by Crippen LogP contribution is -2.48. The average molecular weight is 394 g/mol. The number of fused-ring (bicyclic) bond motifs is 1. The van der Waals surface area contributed by atoms with Crippen molar-refractivity contribution in [2.24, 2.45) is 7.05 Å². The molecular weight excluding hydrogens is 368 g/mol. The molecule has 1 unspecified atom stereocenters. The third kappa shape index (κ3) is 3.55. The van der Waals surface area contributed by atoms with E-state index in [2.05, 4.69) is 20.4 Å².